The molecule has 0 radical (unpaired) electrons. The third kappa shape index (κ3) is 5.14. The van der Waals surface area contributed by atoms with E-state index in [-0.39, 0.29) is 24.7 Å². The first-order valence-electron chi connectivity index (χ1n) is 8.00. The monoisotopic (exact) mass is 375 g/mol. The molecule has 2 aliphatic rings. The zero-order valence-corrected chi connectivity index (χ0v) is 15.0. The first-order valence-corrected chi connectivity index (χ1v) is 8.38. The fourth-order valence-corrected chi connectivity index (χ4v) is 3.09. The van der Waals surface area contributed by atoms with E-state index < -0.39 is 0 Å². The number of carbonyl (C=O) groups excluding carboxylic acids is 1. The summed E-state index contributed by atoms with van der Waals surface area (Å²) in [4.78, 5) is 14.4. The Bertz CT molecular complexity index is 566. The Balaban J connectivity index is 0.00000208. The molecule has 2 aliphatic heterocycles. The van der Waals surface area contributed by atoms with E-state index in [1.165, 1.54) is 0 Å². The maximum Gasteiger partial charge on any atom is 0.224 e. The molecule has 0 aromatic heterocycles. The van der Waals surface area contributed by atoms with Crippen LogP contribution in [0.25, 0.3) is 0 Å². The molecule has 2 heterocycles. The van der Waals surface area contributed by atoms with E-state index in [0.717, 1.165) is 38.3 Å². The maximum absolute atomic E-state index is 12.1. The summed E-state index contributed by atoms with van der Waals surface area (Å²) in [6.07, 6.45) is 0.290. The number of benzene rings is 1. The van der Waals surface area contributed by atoms with Crippen LogP contribution in [0, 0.1) is 0 Å². The maximum atomic E-state index is 12.1. The van der Waals surface area contributed by atoms with Crippen molar-refractivity contribution in [2.45, 2.75) is 6.42 Å². The molecule has 3 rings (SSSR count). The van der Waals surface area contributed by atoms with Crippen LogP contribution in [-0.2, 0) is 11.2 Å². The normalized spacial score (nSPS) is 17.0. The summed E-state index contributed by atoms with van der Waals surface area (Å²) in [7, 11) is 0. The molecule has 0 spiro atoms. The molecule has 24 heavy (non-hydrogen) atoms. The van der Waals surface area contributed by atoms with E-state index in [4.69, 9.17) is 21.1 Å². The summed E-state index contributed by atoms with van der Waals surface area (Å²) in [5, 5.41) is 6.77. The minimum Gasteiger partial charge on any atom is -0.486 e. The minimum absolute atomic E-state index is 0. The number of fused-ring (bicyclic) bond motifs is 1. The lowest BCUT2D eigenvalue weighted by atomic mass is 10.1. The first kappa shape index (κ1) is 19.1. The molecule has 6 nitrogen and oxygen atoms in total. The van der Waals surface area contributed by atoms with Gasteiger partial charge in [-0.05, 0) is 17.7 Å². The van der Waals surface area contributed by atoms with E-state index in [9.17, 15) is 4.79 Å². The van der Waals surface area contributed by atoms with Crippen LogP contribution in [-0.4, -0.2) is 63.3 Å². The second-order valence-electron chi connectivity index (χ2n) is 5.72. The fourth-order valence-electron chi connectivity index (χ4n) is 2.80. The number of piperazine rings is 1. The van der Waals surface area contributed by atoms with E-state index in [2.05, 4.69) is 15.5 Å². The van der Waals surface area contributed by atoms with Gasteiger partial charge in [-0.15, -0.1) is 12.4 Å². The van der Waals surface area contributed by atoms with Crippen molar-refractivity contribution in [1.82, 2.24) is 15.5 Å². The van der Waals surface area contributed by atoms with Crippen molar-refractivity contribution in [3.8, 4) is 11.5 Å². The number of amides is 1. The summed E-state index contributed by atoms with van der Waals surface area (Å²) in [5.41, 5.74) is 0.832. The predicted octanol–water partition coefficient (Wildman–Crippen LogP) is 1.10. The lowest BCUT2D eigenvalue weighted by molar-refractivity contribution is -0.120. The number of nitrogens with zero attached hydrogens (tertiary/aromatic N) is 1. The Hall–Kier alpha value is -1.21. The number of halogens is 2. The van der Waals surface area contributed by atoms with Gasteiger partial charge in [-0.2, -0.15) is 0 Å². The van der Waals surface area contributed by atoms with Crippen LogP contribution in [0.2, 0.25) is 5.02 Å². The number of hydrogen-bond acceptors (Lipinski definition) is 5. The van der Waals surface area contributed by atoms with Gasteiger partial charge in [0.2, 0.25) is 5.91 Å². The third-order valence-corrected chi connectivity index (χ3v) is 4.26. The molecule has 0 unspecified atom stereocenters. The Kier molecular flexibility index (Phi) is 7.42. The second-order valence-corrected chi connectivity index (χ2v) is 6.13. The Labute approximate surface area is 153 Å². The van der Waals surface area contributed by atoms with Gasteiger partial charge in [0.05, 0.1) is 11.4 Å². The molecule has 0 saturated carbocycles. The molecule has 1 aromatic rings. The Morgan fingerprint density at radius 2 is 2.00 bits per heavy atom. The summed E-state index contributed by atoms with van der Waals surface area (Å²) in [6, 6.07) is 3.60. The number of nitrogens with one attached hydrogen (secondary N) is 2. The van der Waals surface area contributed by atoms with Gasteiger partial charge in [-0.1, -0.05) is 11.6 Å². The molecule has 134 valence electrons. The standard InChI is InChI=1S/C16H22ClN3O3.ClH/c17-13-9-12(10-14-16(13)23-8-7-22-14)11-15(21)19-3-6-20-4-1-18-2-5-20;/h9-10,18H,1-8,11H2,(H,19,21);1H. The Morgan fingerprint density at radius 3 is 2.79 bits per heavy atom. The zero-order chi connectivity index (χ0) is 16.1. The van der Waals surface area contributed by atoms with Crippen molar-refractivity contribution in [2.75, 3.05) is 52.5 Å². The van der Waals surface area contributed by atoms with Crippen LogP contribution in [0.5, 0.6) is 11.5 Å². The van der Waals surface area contributed by atoms with E-state index in [1.807, 2.05) is 6.07 Å². The van der Waals surface area contributed by atoms with Crippen LogP contribution < -0.4 is 20.1 Å². The molecule has 0 aliphatic carbocycles. The highest BCUT2D eigenvalue weighted by atomic mass is 35.5. The molecule has 2 N–H and O–H groups in total. The molecule has 1 aromatic carbocycles. The van der Waals surface area contributed by atoms with E-state index >= 15 is 0 Å². The molecule has 0 bridgehead atoms. The van der Waals surface area contributed by atoms with Crippen molar-refractivity contribution >= 4 is 29.9 Å². The smallest absolute Gasteiger partial charge is 0.224 e. The van der Waals surface area contributed by atoms with Crippen LogP contribution in [0.3, 0.4) is 0 Å². The highest BCUT2D eigenvalue weighted by Gasteiger charge is 2.17. The van der Waals surface area contributed by atoms with Crippen molar-refractivity contribution in [2.24, 2.45) is 0 Å². The van der Waals surface area contributed by atoms with Crippen molar-refractivity contribution in [3.63, 3.8) is 0 Å². The Morgan fingerprint density at radius 1 is 1.25 bits per heavy atom. The van der Waals surface area contributed by atoms with Gasteiger partial charge in [0.15, 0.2) is 11.5 Å². The lowest BCUT2D eigenvalue weighted by Crippen LogP contribution is -2.46. The summed E-state index contributed by atoms with van der Waals surface area (Å²) in [5.74, 6) is 1.18. The third-order valence-electron chi connectivity index (χ3n) is 3.98. The fraction of sp³-hybridized carbons (Fsp3) is 0.562. The van der Waals surface area contributed by atoms with Crippen LogP contribution >= 0.6 is 24.0 Å². The molecular formula is C16H23Cl2N3O3. The quantitative estimate of drug-likeness (QED) is 0.806. The van der Waals surface area contributed by atoms with Crippen molar-refractivity contribution < 1.29 is 14.3 Å². The highest BCUT2D eigenvalue weighted by molar-refractivity contribution is 6.32. The van der Waals surface area contributed by atoms with Gasteiger partial charge < -0.3 is 20.1 Å². The lowest BCUT2D eigenvalue weighted by Gasteiger charge is -2.27. The predicted molar refractivity (Wildman–Crippen MR) is 95.7 cm³/mol. The molecule has 0 atom stereocenters. The average molecular weight is 376 g/mol. The number of carbonyl (C=O) groups is 1. The molecule has 8 heteroatoms. The van der Waals surface area contributed by atoms with Gasteiger partial charge in [-0.3, -0.25) is 9.69 Å². The van der Waals surface area contributed by atoms with Crippen LogP contribution in [0.1, 0.15) is 5.56 Å². The number of rotatable bonds is 5. The van der Waals surface area contributed by atoms with Gasteiger partial charge in [0.25, 0.3) is 0 Å². The van der Waals surface area contributed by atoms with Crippen molar-refractivity contribution in [1.29, 1.82) is 0 Å². The van der Waals surface area contributed by atoms with Gasteiger partial charge >= 0.3 is 0 Å². The van der Waals surface area contributed by atoms with E-state index in [1.54, 1.807) is 6.07 Å². The number of ether oxygens (including phenoxy) is 2. The topological polar surface area (TPSA) is 62.8 Å². The summed E-state index contributed by atoms with van der Waals surface area (Å²) in [6.45, 7) is 6.66. The molecule has 1 saturated heterocycles. The molecule has 1 amide bonds. The minimum atomic E-state index is -0.00659. The first-order chi connectivity index (χ1) is 11.2. The highest BCUT2D eigenvalue weighted by Crippen LogP contribution is 2.38. The van der Waals surface area contributed by atoms with Crippen LogP contribution in [0.15, 0.2) is 12.1 Å². The average Bonchev–Trinajstić information content (AvgIpc) is 2.56. The molecule has 1 fully saturated rings. The van der Waals surface area contributed by atoms with Gasteiger partial charge in [0.1, 0.15) is 13.2 Å². The second kappa shape index (κ2) is 9.32. The van der Waals surface area contributed by atoms with E-state index in [0.29, 0.717) is 36.3 Å². The summed E-state index contributed by atoms with van der Waals surface area (Å²) < 4.78 is 11.0. The SMILES string of the molecule is Cl.O=C(Cc1cc(Cl)c2c(c1)OCCO2)NCCN1CCNCC1. The van der Waals surface area contributed by atoms with Gasteiger partial charge in [-0.25, -0.2) is 0 Å². The zero-order valence-electron chi connectivity index (χ0n) is 13.5. The largest absolute Gasteiger partial charge is 0.486 e. The van der Waals surface area contributed by atoms with Crippen LogP contribution in [0.4, 0.5) is 0 Å². The number of hydrogen-bond donors (Lipinski definition) is 2. The molecular weight excluding hydrogens is 353 g/mol. The van der Waals surface area contributed by atoms with Crippen molar-refractivity contribution in [3.05, 3.63) is 22.7 Å². The summed E-state index contributed by atoms with van der Waals surface area (Å²) >= 11 is 6.19. The van der Waals surface area contributed by atoms with Gasteiger partial charge in [0, 0.05) is 39.3 Å².